The molecule has 1 heteroatoms. The van der Waals surface area contributed by atoms with Crippen LogP contribution in [0.5, 0.6) is 0 Å². The lowest BCUT2D eigenvalue weighted by Crippen LogP contribution is -2.16. The maximum Gasteiger partial charge on any atom is 0.0575 e. The Balaban J connectivity index is 1.65. The maximum atomic E-state index is 6.04. The van der Waals surface area contributed by atoms with Gasteiger partial charge >= 0.3 is 0 Å². The van der Waals surface area contributed by atoms with Crippen LogP contribution in [0.1, 0.15) is 49.7 Å². The Kier molecular flexibility index (Phi) is 6.91. The van der Waals surface area contributed by atoms with Gasteiger partial charge in [0.25, 0.3) is 0 Å². The van der Waals surface area contributed by atoms with E-state index in [1.807, 2.05) is 36.4 Å². The SMILES string of the molecule is C(#Cc1ccccc1)/C(=C\CCOC1CCCCC1)c1ccccc1. The fourth-order valence-corrected chi connectivity index (χ4v) is 3.19. The van der Waals surface area contributed by atoms with Crippen molar-refractivity contribution in [3.63, 3.8) is 0 Å². The van der Waals surface area contributed by atoms with E-state index >= 15 is 0 Å². The van der Waals surface area contributed by atoms with Crippen LogP contribution in [-0.4, -0.2) is 12.7 Å². The summed E-state index contributed by atoms with van der Waals surface area (Å²) < 4.78 is 6.04. The summed E-state index contributed by atoms with van der Waals surface area (Å²) in [5.74, 6) is 6.62. The highest BCUT2D eigenvalue weighted by Gasteiger charge is 2.12. The second-order valence-corrected chi connectivity index (χ2v) is 6.52. The van der Waals surface area contributed by atoms with Gasteiger partial charge in [0.05, 0.1) is 12.7 Å². The van der Waals surface area contributed by atoms with E-state index in [-0.39, 0.29) is 0 Å². The van der Waals surface area contributed by atoms with E-state index in [1.54, 1.807) is 0 Å². The first-order chi connectivity index (χ1) is 12.4. The first-order valence-corrected chi connectivity index (χ1v) is 9.36. The van der Waals surface area contributed by atoms with Gasteiger partial charge in [-0.05, 0) is 37.0 Å². The van der Waals surface area contributed by atoms with Crippen molar-refractivity contribution < 1.29 is 4.74 Å². The van der Waals surface area contributed by atoms with Gasteiger partial charge in [0, 0.05) is 11.1 Å². The van der Waals surface area contributed by atoms with Crippen LogP contribution in [0.4, 0.5) is 0 Å². The second-order valence-electron chi connectivity index (χ2n) is 6.52. The van der Waals surface area contributed by atoms with Crippen molar-refractivity contribution in [2.45, 2.75) is 44.6 Å². The second kappa shape index (κ2) is 9.87. The normalized spacial score (nSPS) is 15.4. The van der Waals surface area contributed by atoms with Gasteiger partial charge in [-0.3, -0.25) is 0 Å². The van der Waals surface area contributed by atoms with E-state index in [9.17, 15) is 0 Å². The molecule has 0 aromatic heterocycles. The molecule has 128 valence electrons. The van der Waals surface area contributed by atoms with Crippen LogP contribution >= 0.6 is 0 Å². The zero-order valence-electron chi connectivity index (χ0n) is 14.8. The van der Waals surface area contributed by atoms with Crippen molar-refractivity contribution in [3.05, 3.63) is 77.9 Å². The average molecular weight is 330 g/mol. The zero-order valence-corrected chi connectivity index (χ0v) is 14.8. The molecule has 1 nitrogen and oxygen atoms in total. The third-order valence-electron chi connectivity index (χ3n) is 4.57. The topological polar surface area (TPSA) is 9.23 Å². The predicted molar refractivity (Wildman–Crippen MR) is 105 cm³/mol. The maximum absolute atomic E-state index is 6.04. The molecule has 0 unspecified atom stereocenters. The molecule has 1 saturated carbocycles. The Morgan fingerprint density at radius 2 is 1.60 bits per heavy atom. The molecule has 2 aromatic rings. The summed E-state index contributed by atoms with van der Waals surface area (Å²) in [4.78, 5) is 0. The smallest absolute Gasteiger partial charge is 0.0575 e. The van der Waals surface area contributed by atoms with Gasteiger partial charge in [0.15, 0.2) is 0 Å². The fourth-order valence-electron chi connectivity index (χ4n) is 3.19. The van der Waals surface area contributed by atoms with E-state index in [1.165, 1.54) is 37.7 Å². The molecule has 1 aliphatic rings. The van der Waals surface area contributed by atoms with Gasteiger partial charge < -0.3 is 4.74 Å². The fraction of sp³-hybridized carbons (Fsp3) is 0.333. The van der Waals surface area contributed by atoms with Crippen LogP contribution < -0.4 is 0 Å². The van der Waals surface area contributed by atoms with Crippen LogP contribution in [0, 0.1) is 11.8 Å². The molecular formula is C24H26O. The van der Waals surface area contributed by atoms with E-state index in [4.69, 9.17) is 4.74 Å². The molecule has 0 saturated heterocycles. The van der Waals surface area contributed by atoms with Crippen molar-refractivity contribution in [3.8, 4) is 11.8 Å². The van der Waals surface area contributed by atoms with Crippen LogP contribution in [0.3, 0.4) is 0 Å². The molecule has 0 N–H and O–H groups in total. The highest BCUT2D eigenvalue weighted by atomic mass is 16.5. The Bertz CT molecular complexity index is 713. The van der Waals surface area contributed by atoms with Crippen molar-refractivity contribution in [1.29, 1.82) is 0 Å². The summed E-state index contributed by atoms with van der Waals surface area (Å²) in [6, 6.07) is 20.5. The predicted octanol–water partition coefficient (Wildman–Crippen LogP) is 5.86. The molecule has 25 heavy (non-hydrogen) atoms. The summed E-state index contributed by atoms with van der Waals surface area (Å²) in [6.45, 7) is 0.786. The molecule has 0 heterocycles. The van der Waals surface area contributed by atoms with Crippen molar-refractivity contribution in [2.24, 2.45) is 0 Å². The van der Waals surface area contributed by atoms with E-state index in [0.29, 0.717) is 6.10 Å². The van der Waals surface area contributed by atoms with E-state index in [2.05, 4.69) is 42.2 Å². The first kappa shape index (κ1) is 17.5. The number of allylic oxidation sites excluding steroid dienone is 1. The zero-order chi connectivity index (χ0) is 17.2. The molecule has 0 radical (unpaired) electrons. The van der Waals surface area contributed by atoms with Gasteiger partial charge in [-0.15, -0.1) is 0 Å². The molecule has 1 fully saturated rings. The molecule has 0 bridgehead atoms. The van der Waals surface area contributed by atoms with Crippen molar-refractivity contribution >= 4 is 5.57 Å². The lowest BCUT2D eigenvalue weighted by atomic mass is 9.98. The number of ether oxygens (including phenoxy) is 1. The number of hydrogen-bond donors (Lipinski definition) is 0. The van der Waals surface area contributed by atoms with E-state index in [0.717, 1.165) is 24.2 Å². The Hall–Kier alpha value is -2.30. The minimum absolute atomic E-state index is 0.470. The minimum Gasteiger partial charge on any atom is -0.378 e. The Morgan fingerprint density at radius 3 is 2.32 bits per heavy atom. The van der Waals surface area contributed by atoms with Crippen molar-refractivity contribution in [2.75, 3.05) is 6.61 Å². The van der Waals surface area contributed by atoms with Crippen LogP contribution in [0.15, 0.2) is 66.7 Å². The third-order valence-corrected chi connectivity index (χ3v) is 4.57. The molecule has 0 atom stereocenters. The van der Waals surface area contributed by atoms with Crippen LogP contribution in [0.2, 0.25) is 0 Å². The van der Waals surface area contributed by atoms with Crippen LogP contribution in [-0.2, 0) is 4.74 Å². The van der Waals surface area contributed by atoms with Crippen LogP contribution in [0.25, 0.3) is 5.57 Å². The quantitative estimate of drug-likeness (QED) is 0.493. The van der Waals surface area contributed by atoms with Gasteiger partial charge in [-0.1, -0.05) is 85.7 Å². The molecule has 3 rings (SSSR count). The summed E-state index contributed by atoms with van der Waals surface area (Å²) >= 11 is 0. The highest BCUT2D eigenvalue weighted by Crippen LogP contribution is 2.21. The Morgan fingerprint density at radius 1 is 0.920 bits per heavy atom. The molecule has 2 aromatic carbocycles. The molecule has 0 spiro atoms. The Labute approximate surface area is 151 Å². The lowest BCUT2D eigenvalue weighted by molar-refractivity contribution is 0.0313. The average Bonchev–Trinajstić information content (AvgIpc) is 2.70. The lowest BCUT2D eigenvalue weighted by Gasteiger charge is -2.21. The van der Waals surface area contributed by atoms with Crippen molar-refractivity contribution in [1.82, 2.24) is 0 Å². The number of benzene rings is 2. The standard InChI is InChI=1S/C24H26O/c1-4-11-21(12-5-1)18-19-23(22-13-6-2-7-14-22)15-10-20-25-24-16-8-3-9-17-24/h1-2,4-7,11-15,24H,3,8-10,16-17,20H2/b23-15+. The largest absolute Gasteiger partial charge is 0.378 e. The molecule has 1 aliphatic carbocycles. The van der Waals surface area contributed by atoms with Gasteiger partial charge in [0.1, 0.15) is 0 Å². The minimum atomic E-state index is 0.470. The molecule has 0 aliphatic heterocycles. The van der Waals surface area contributed by atoms with Gasteiger partial charge in [0.2, 0.25) is 0 Å². The molecular weight excluding hydrogens is 304 g/mol. The first-order valence-electron chi connectivity index (χ1n) is 9.36. The summed E-state index contributed by atoms with van der Waals surface area (Å²) in [6.07, 6.45) is 10.0. The number of hydrogen-bond acceptors (Lipinski definition) is 1. The molecule has 0 amide bonds. The highest BCUT2D eigenvalue weighted by molar-refractivity contribution is 5.79. The van der Waals surface area contributed by atoms with Gasteiger partial charge in [-0.25, -0.2) is 0 Å². The summed E-state index contributed by atoms with van der Waals surface area (Å²) in [5.41, 5.74) is 3.29. The monoisotopic (exact) mass is 330 g/mol. The number of rotatable bonds is 5. The van der Waals surface area contributed by atoms with E-state index < -0.39 is 0 Å². The van der Waals surface area contributed by atoms with Gasteiger partial charge in [-0.2, -0.15) is 0 Å². The summed E-state index contributed by atoms with van der Waals surface area (Å²) in [7, 11) is 0. The summed E-state index contributed by atoms with van der Waals surface area (Å²) in [5, 5.41) is 0. The third kappa shape index (κ3) is 5.93.